The summed E-state index contributed by atoms with van der Waals surface area (Å²) in [7, 11) is 0. The van der Waals surface area contributed by atoms with Crippen molar-refractivity contribution >= 4 is 0 Å². The van der Waals surface area contributed by atoms with Crippen LogP contribution >= 0.6 is 0 Å². The first-order chi connectivity index (χ1) is 8.01. The molecule has 0 saturated heterocycles. The van der Waals surface area contributed by atoms with Gasteiger partial charge in [-0.05, 0) is 41.9 Å². The third kappa shape index (κ3) is 2.51. The highest BCUT2D eigenvalue weighted by atomic mass is 19.2. The third-order valence-electron chi connectivity index (χ3n) is 4.29. The minimum absolute atomic E-state index is 0.0606. The van der Waals surface area contributed by atoms with Gasteiger partial charge >= 0.3 is 0 Å². The normalized spacial score (nSPS) is 18.4. The molecule has 2 heteroatoms. The second-order valence-corrected chi connectivity index (χ2v) is 5.69. The molecule has 1 aliphatic carbocycles. The molecule has 1 aromatic carbocycles. The van der Waals surface area contributed by atoms with E-state index < -0.39 is 11.6 Å². The second-order valence-electron chi connectivity index (χ2n) is 5.69. The number of rotatable bonds is 2. The van der Waals surface area contributed by atoms with Crippen LogP contribution in [0.15, 0.2) is 18.2 Å². The fraction of sp³-hybridized carbons (Fsp3) is 0.600. The molecule has 0 atom stereocenters. The first-order valence-corrected chi connectivity index (χ1v) is 6.47. The Morgan fingerprint density at radius 3 is 2.24 bits per heavy atom. The SMILES string of the molecule is CC(C)(c1ccc(F)c(F)c1)C1CCCCC1. The maximum absolute atomic E-state index is 13.3. The van der Waals surface area contributed by atoms with E-state index in [2.05, 4.69) is 13.8 Å². The van der Waals surface area contributed by atoms with Gasteiger partial charge in [-0.2, -0.15) is 0 Å². The van der Waals surface area contributed by atoms with Crippen molar-refractivity contribution in [3.05, 3.63) is 35.4 Å². The lowest BCUT2D eigenvalue weighted by molar-refractivity contribution is 0.235. The zero-order valence-corrected chi connectivity index (χ0v) is 10.6. The largest absolute Gasteiger partial charge is 0.204 e. The van der Waals surface area contributed by atoms with Gasteiger partial charge in [-0.1, -0.05) is 39.2 Å². The van der Waals surface area contributed by atoms with E-state index in [4.69, 9.17) is 0 Å². The van der Waals surface area contributed by atoms with Crippen molar-refractivity contribution in [1.29, 1.82) is 0 Å². The minimum atomic E-state index is -0.756. The number of hydrogen-bond acceptors (Lipinski definition) is 0. The topological polar surface area (TPSA) is 0 Å². The summed E-state index contributed by atoms with van der Waals surface area (Å²) < 4.78 is 26.3. The van der Waals surface area contributed by atoms with Crippen LogP contribution in [-0.2, 0) is 5.41 Å². The van der Waals surface area contributed by atoms with Gasteiger partial charge in [0.2, 0.25) is 0 Å². The molecular formula is C15H20F2. The van der Waals surface area contributed by atoms with E-state index in [1.54, 1.807) is 6.07 Å². The van der Waals surface area contributed by atoms with E-state index in [1.807, 2.05) is 0 Å². The standard InChI is InChI=1S/C15H20F2/c1-15(2,11-6-4-3-5-7-11)12-8-9-13(16)14(17)10-12/h8-11H,3-7H2,1-2H3. The Kier molecular flexibility index (Phi) is 3.50. The van der Waals surface area contributed by atoms with E-state index in [-0.39, 0.29) is 5.41 Å². The molecule has 0 heterocycles. The van der Waals surface area contributed by atoms with Crippen molar-refractivity contribution in [2.24, 2.45) is 5.92 Å². The summed E-state index contributed by atoms with van der Waals surface area (Å²) in [4.78, 5) is 0. The summed E-state index contributed by atoms with van der Waals surface area (Å²) in [6.45, 7) is 4.30. The van der Waals surface area contributed by atoms with Crippen molar-refractivity contribution in [1.82, 2.24) is 0 Å². The lowest BCUT2D eigenvalue weighted by Gasteiger charge is -2.37. The summed E-state index contributed by atoms with van der Waals surface area (Å²) >= 11 is 0. The van der Waals surface area contributed by atoms with Crippen LogP contribution in [0.1, 0.15) is 51.5 Å². The highest BCUT2D eigenvalue weighted by Crippen LogP contribution is 2.40. The maximum Gasteiger partial charge on any atom is 0.159 e. The monoisotopic (exact) mass is 238 g/mol. The summed E-state index contributed by atoms with van der Waals surface area (Å²) in [5.41, 5.74) is 0.859. The molecule has 0 bridgehead atoms. The average Bonchev–Trinajstić information content (AvgIpc) is 2.33. The van der Waals surface area contributed by atoms with Gasteiger partial charge in [0.05, 0.1) is 0 Å². The van der Waals surface area contributed by atoms with Crippen molar-refractivity contribution in [2.75, 3.05) is 0 Å². The molecule has 0 amide bonds. The smallest absolute Gasteiger partial charge is 0.159 e. The molecule has 1 aliphatic rings. The van der Waals surface area contributed by atoms with Crippen LogP contribution in [0.3, 0.4) is 0 Å². The van der Waals surface area contributed by atoms with Gasteiger partial charge in [-0.15, -0.1) is 0 Å². The van der Waals surface area contributed by atoms with Crippen LogP contribution < -0.4 is 0 Å². The number of benzene rings is 1. The molecule has 2 rings (SSSR count). The first-order valence-electron chi connectivity index (χ1n) is 6.47. The van der Waals surface area contributed by atoms with Gasteiger partial charge < -0.3 is 0 Å². The molecular weight excluding hydrogens is 218 g/mol. The fourth-order valence-corrected chi connectivity index (χ4v) is 2.96. The number of halogens is 2. The Labute approximate surface area is 102 Å². The van der Waals surface area contributed by atoms with Crippen LogP contribution in [0, 0.1) is 17.6 Å². The molecule has 0 spiro atoms. The molecule has 1 fully saturated rings. The summed E-state index contributed by atoms with van der Waals surface area (Å²) in [6.07, 6.45) is 6.23. The molecule has 0 nitrogen and oxygen atoms in total. The molecule has 17 heavy (non-hydrogen) atoms. The molecule has 0 aliphatic heterocycles. The molecule has 0 radical (unpaired) electrons. The van der Waals surface area contributed by atoms with Crippen LogP contribution in [0.4, 0.5) is 8.78 Å². The van der Waals surface area contributed by atoms with E-state index in [9.17, 15) is 8.78 Å². The third-order valence-corrected chi connectivity index (χ3v) is 4.29. The Morgan fingerprint density at radius 2 is 1.65 bits per heavy atom. The minimum Gasteiger partial charge on any atom is -0.204 e. The summed E-state index contributed by atoms with van der Waals surface area (Å²) in [6, 6.07) is 4.34. The van der Waals surface area contributed by atoms with E-state index in [0.717, 1.165) is 5.56 Å². The van der Waals surface area contributed by atoms with Crippen molar-refractivity contribution in [2.45, 2.75) is 51.4 Å². The highest BCUT2D eigenvalue weighted by Gasteiger charge is 2.32. The van der Waals surface area contributed by atoms with Crippen LogP contribution in [0.25, 0.3) is 0 Å². The van der Waals surface area contributed by atoms with Crippen LogP contribution in [0.2, 0.25) is 0 Å². The lowest BCUT2D eigenvalue weighted by atomic mass is 9.67. The van der Waals surface area contributed by atoms with Gasteiger partial charge in [0, 0.05) is 0 Å². The van der Waals surface area contributed by atoms with Crippen molar-refractivity contribution < 1.29 is 8.78 Å². The molecule has 0 unspecified atom stereocenters. The quantitative estimate of drug-likeness (QED) is 0.692. The van der Waals surface area contributed by atoms with E-state index in [0.29, 0.717) is 5.92 Å². The zero-order chi connectivity index (χ0) is 12.5. The fourth-order valence-electron chi connectivity index (χ4n) is 2.96. The summed E-state index contributed by atoms with van der Waals surface area (Å²) in [5, 5.41) is 0. The first kappa shape index (κ1) is 12.5. The van der Waals surface area contributed by atoms with Crippen LogP contribution in [-0.4, -0.2) is 0 Å². The Hall–Kier alpha value is -0.920. The number of hydrogen-bond donors (Lipinski definition) is 0. The van der Waals surface area contributed by atoms with E-state index >= 15 is 0 Å². The lowest BCUT2D eigenvalue weighted by Crippen LogP contribution is -2.30. The molecule has 1 aromatic rings. The van der Waals surface area contributed by atoms with Gasteiger partial charge in [0.25, 0.3) is 0 Å². The van der Waals surface area contributed by atoms with Gasteiger partial charge in [0.15, 0.2) is 11.6 Å². The van der Waals surface area contributed by atoms with Crippen LogP contribution in [0.5, 0.6) is 0 Å². The highest BCUT2D eigenvalue weighted by molar-refractivity contribution is 5.26. The molecule has 94 valence electrons. The van der Waals surface area contributed by atoms with Crippen molar-refractivity contribution in [3.63, 3.8) is 0 Å². The predicted molar refractivity (Wildman–Crippen MR) is 66.0 cm³/mol. The molecule has 1 saturated carbocycles. The van der Waals surface area contributed by atoms with Crippen molar-refractivity contribution in [3.8, 4) is 0 Å². The molecule has 0 N–H and O–H groups in total. The van der Waals surface area contributed by atoms with E-state index in [1.165, 1.54) is 44.2 Å². The summed E-state index contributed by atoms with van der Waals surface area (Å²) in [5.74, 6) is -0.902. The second kappa shape index (κ2) is 4.75. The van der Waals surface area contributed by atoms with Gasteiger partial charge in [0.1, 0.15) is 0 Å². The zero-order valence-electron chi connectivity index (χ0n) is 10.6. The average molecular weight is 238 g/mol. The van der Waals surface area contributed by atoms with Gasteiger partial charge in [-0.3, -0.25) is 0 Å². The van der Waals surface area contributed by atoms with Gasteiger partial charge in [-0.25, -0.2) is 8.78 Å². The Morgan fingerprint density at radius 1 is 1.00 bits per heavy atom. The Bertz CT molecular complexity index is 390. The Balaban J connectivity index is 2.26. The maximum atomic E-state index is 13.3. The molecule has 0 aromatic heterocycles. The predicted octanol–water partition coefficient (Wildman–Crippen LogP) is 4.82.